The zero-order valence-electron chi connectivity index (χ0n) is 18.0. The predicted molar refractivity (Wildman–Crippen MR) is 125 cm³/mol. The standard InChI is InChI=1S/C27H22N2O4/c1-33-27(32)24(29-26(31)22-16-21-9-5-6-10-23(21)28-17-22)15-18-11-13-20(14-12-18)25(30)19-7-3-2-4-8-19/h2-14,16-17,24H,15H2,1H3,(H,29,31)/t24-/m0/s1. The molecule has 0 aliphatic heterocycles. The predicted octanol–water partition coefficient (Wildman–Crippen LogP) is 3.98. The van der Waals surface area contributed by atoms with Crippen LogP contribution in [0.2, 0.25) is 0 Å². The Kier molecular flexibility index (Phi) is 6.55. The van der Waals surface area contributed by atoms with Crippen molar-refractivity contribution in [3.05, 3.63) is 113 Å². The highest BCUT2D eigenvalue weighted by atomic mass is 16.5. The Hall–Kier alpha value is -4.32. The Morgan fingerprint density at radius 1 is 0.848 bits per heavy atom. The van der Waals surface area contributed by atoms with Crippen molar-refractivity contribution in [2.45, 2.75) is 12.5 Å². The lowest BCUT2D eigenvalue weighted by molar-refractivity contribution is -0.142. The number of esters is 1. The van der Waals surface area contributed by atoms with E-state index in [0.29, 0.717) is 16.7 Å². The van der Waals surface area contributed by atoms with Crippen LogP contribution in [-0.4, -0.2) is 35.8 Å². The molecule has 4 rings (SSSR count). The van der Waals surface area contributed by atoms with Crippen LogP contribution >= 0.6 is 0 Å². The third-order valence-electron chi connectivity index (χ3n) is 5.34. The summed E-state index contributed by atoms with van der Waals surface area (Å²) in [6, 6.07) is 24.3. The van der Waals surface area contributed by atoms with E-state index in [0.717, 1.165) is 16.5 Å². The lowest BCUT2D eigenvalue weighted by atomic mass is 9.99. The molecule has 1 amide bonds. The number of nitrogens with zero attached hydrogens (tertiary/aromatic N) is 1. The smallest absolute Gasteiger partial charge is 0.328 e. The fraction of sp³-hybridized carbons (Fsp3) is 0.111. The molecule has 1 aromatic heterocycles. The minimum absolute atomic E-state index is 0.0798. The molecule has 3 aromatic carbocycles. The highest BCUT2D eigenvalue weighted by Gasteiger charge is 2.23. The molecule has 1 heterocycles. The molecule has 0 radical (unpaired) electrons. The number of pyridine rings is 1. The van der Waals surface area contributed by atoms with E-state index >= 15 is 0 Å². The molecule has 1 atom stereocenters. The molecule has 0 aliphatic rings. The van der Waals surface area contributed by atoms with Gasteiger partial charge in [-0.15, -0.1) is 0 Å². The number of ether oxygens (including phenoxy) is 1. The fourth-order valence-corrected chi connectivity index (χ4v) is 3.56. The van der Waals surface area contributed by atoms with Crippen LogP contribution in [0.3, 0.4) is 0 Å². The summed E-state index contributed by atoms with van der Waals surface area (Å²) in [4.78, 5) is 42.0. The first-order valence-electron chi connectivity index (χ1n) is 10.5. The average Bonchev–Trinajstić information content (AvgIpc) is 2.88. The normalized spacial score (nSPS) is 11.5. The third-order valence-corrected chi connectivity index (χ3v) is 5.34. The summed E-state index contributed by atoms with van der Waals surface area (Å²) in [5.74, 6) is -1.05. The summed E-state index contributed by atoms with van der Waals surface area (Å²) in [5.41, 5.74) is 3.07. The van der Waals surface area contributed by atoms with E-state index < -0.39 is 17.9 Å². The summed E-state index contributed by atoms with van der Waals surface area (Å²) >= 11 is 0. The van der Waals surface area contributed by atoms with Gasteiger partial charge in [-0.1, -0.05) is 72.8 Å². The van der Waals surface area contributed by atoms with Gasteiger partial charge in [0.15, 0.2) is 5.78 Å². The second-order valence-corrected chi connectivity index (χ2v) is 7.56. The average molecular weight is 438 g/mol. The van der Waals surface area contributed by atoms with Gasteiger partial charge in [0.05, 0.1) is 18.2 Å². The minimum atomic E-state index is -0.885. The first kappa shape index (κ1) is 21.9. The zero-order chi connectivity index (χ0) is 23.2. The number of hydrogen-bond acceptors (Lipinski definition) is 5. The molecule has 6 heteroatoms. The number of benzene rings is 3. The van der Waals surface area contributed by atoms with Gasteiger partial charge in [-0.3, -0.25) is 14.6 Å². The number of aromatic nitrogens is 1. The number of carbonyl (C=O) groups excluding carboxylic acids is 3. The molecular weight excluding hydrogens is 416 g/mol. The number of methoxy groups -OCH3 is 1. The number of amides is 1. The van der Waals surface area contributed by atoms with Crippen LogP contribution < -0.4 is 5.32 Å². The van der Waals surface area contributed by atoms with Crippen LogP contribution in [-0.2, 0) is 16.0 Å². The van der Waals surface area contributed by atoms with Crippen LogP contribution in [0.15, 0.2) is 91.1 Å². The first-order chi connectivity index (χ1) is 16.0. The summed E-state index contributed by atoms with van der Waals surface area (Å²) < 4.78 is 4.89. The van der Waals surface area contributed by atoms with Gasteiger partial charge in [0.25, 0.3) is 5.91 Å². The van der Waals surface area contributed by atoms with Crippen LogP contribution in [0.4, 0.5) is 0 Å². The summed E-state index contributed by atoms with van der Waals surface area (Å²) in [6.45, 7) is 0. The molecule has 0 spiro atoms. The number of fused-ring (bicyclic) bond motifs is 1. The van der Waals surface area contributed by atoms with E-state index in [1.807, 2.05) is 42.5 Å². The van der Waals surface area contributed by atoms with Gasteiger partial charge in [-0.05, 0) is 17.7 Å². The molecular formula is C27H22N2O4. The molecule has 4 aromatic rings. The Balaban J connectivity index is 1.49. The Bertz CT molecular complexity index is 1300. The summed E-state index contributed by atoms with van der Waals surface area (Å²) in [7, 11) is 1.28. The van der Waals surface area contributed by atoms with E-state index in [-0.39, 0.29) is 12.2 Å². The molecule has 0 saturated heterocycles. The first-order valence-corrected chi connectivity index (χ1v) is 10.5. The number of rotatable bonds is 7. The molecule has 164 valence electrons. The molecule has 1 N–H and O–H groups in total. The maximum Gasteiger partial charge on any atom is 0.328 e. The van der Waals surface area contributed by atoms with Crippen LogP contribution in [0.5, 0.6) is 0 Å². The Morgan fingerprint density at radius 2 is 1.52 bits per heavy atom. The zero-order valence-corrected chi connectivity index (χ0v) is 18.0. The third kappa shape index (κ3) is 5.13. The number of nitrogens with one attached hydrogen (secondary N) is 1. The van der Waals surface area contributed by atoms with Crippen molar-refractivity contribution >= 4 is 28.6 Å². The Morgan fingerprint density at radius 3 is 2.24 bits per heavy atom. The van der Waals surface area contributed by atoms with Gasteiger partial charge in [0.2, 0.25) is 0 Å². The van der Waals surface area contributed by atoms with Gasteiger partial charge in [-0.25, -0.2) is 4.79 Å². The van der Waals surface area contributed by atoms with Gasteiger partial charge < -0.3 is 10.1 Å². The molecule has 0 bridgehead atoms. The van der Waals surface area contributed by atoms with Crippen molar-refractivity contribution in [3.8, 4) is 0 Å². The quantitative estimate of drug-likeness (QED) is 0.348. The van der Waals surface area contributed by atoms with E-state index in [2.05, 4.69) is 10.3 Å². The van der Waals surface area contributed by atoms with E-state index in [9.17, 15) is 14.4 Å². The second kappa shape index (κ2) is 9.87. The van der Waals surface area contributed by atoms with Gasteiger partial charge in [-0.2, -0.15) is 0 Å². The second-order valence-electron chi connectivity index (χ2n) is 7.56. The van der Waals surface area contributed by atoms with Crippen molar-refractivity contribution in [1.29, 1.82) is 0 Å². The number of carbonyl (C=O) groups is 3. The lowest BCUT2D eigenvalue weighted by Crippen LogP contribution is -2.43. The van der Waals surface area contributed by atoms with Gasteiger partial charge >= 0.3 is 5.97 Å². The van der Waals surface area contributed by atoms with Crippen molar-refractivity contribution in [2.75, 3.05) is 7.11 Å². The van der Waals surface area contributed by atoms with Crippen molar-refractivity contribution in [3.63, 3.8) is 0 Å². The topological polar surface area (TPSA) is 85.4 Å². The van der Waals surface area contributed by atoms with Crippen molar-refractivity contribution < 1.29 is 19.1 Å². The highest BCUT2D eigenvalue weighted by Crippen LogP contribution is 2.15. The minimum Gasteiger partial charge on any atom is -0.467 e. The highest BCUT2D eigenvalue weighted by molar-refractivity contribution is 6.09. The van der Waals surface area contributed by atoms with E-state index in [1.54, 1.807) is 42.5 Å². The number of hydrogen-bond donors (Lipinski definition) is 1. The van der Waals surface area contributed by atoms with Crippen LogP contribution in [0, 0.1) is 0 Å². The molecule has 0 aliphatic carbocycles. The number of ketones is 1. The van der Waals surface area contributed by atoms with Crippen molar-refractivity contribution in [1.82, 2.24) is 10.3 Å². The summed E-state index contributed by atoms with van der Waals surface area (Å²) in [6.07, 6.45) is 1.70. The summed E-state index contributed by atoms with van der Waals surface area (Å²) in [5, 5.41) is 3.57. The Labute approximate surface area is 191 Å². The maximum atomic E-state index is 12.8. The van der Waals surface area contributed by atoms with Crippen molar-refractivity contribution in [2.24, 2.45) is 0 Å². The van der Waals surface area contributed by atoms with E-state index in [4.69, 9.17) is 4.74 Å². The van der Waals surface area contributed by atoms with Gasteiger partial charge in [0, 0.05) is 29.1 Å². The molecule has 0 saturated carbocycles. The monoisotopic (exact) mass is 438 g/mol. The molecule has 0 unspecified atom stereocenters. The largest absolute Gasteiger partial charge is 0.467 e. The lowest BCUT2D eigenvalue weighted by Gasteiger charge is -2.17. The molecule has 33 heavy (non-hydrogen) atoms. The van der Waals surface area contributed by atoms with E-state index in [1.165, 1.54) is 13.3 Å². The molecule has 6 nitrogen and oxygen atoms in total. The van der Waals surface area contributed by atoms with Gasteiger partial charge in [0.1, 0.15) is 6.04 Å². The molecule has 0 fully saturated rings. The SMILES string of the molecule is COC(=O)[C@H](Cc1ccc(C(=O)c2ccccc2)cc1)NC(=O)c1cnc2ccccc2c1. The fourth-order valence-electron chi connectivity index (χ4n) is 3.56. The van der Waals surface area contributed by atoms with Crippen LogP contribution in [0.1, 0.15) is 31.8 Å². The number of para-hydroxylation sites is 1. The maximum absolute atomic E-state index is 12.8. The van der Waals surface area contributed by atoms with Crippen LogP contribution in [0.25, 0.3) is 10.9 Å².